The third kappa shape index (κ3) is 4.21. The van der Waals surface area contributed by atoms with Crippen molar-refractivity contribution in [1.29, 1.82) is 0 Å². The molecule has 212 valence electrons. The third-order valence-electron chi connectivity index (χ3n) is 8.51. The Morgan fingerprint density at radius 2 is 1.77 bits per heavy atom. The predicted octanol–water partition coefficient (Wildman–Crippen LogP) is 0.807. The normalized spacial score (nSPS) is 27.6. The van der Waals surface area contributed by atoms with Gasteiger partial charge in [0.2, 0.25) is 5.91 Å². The zero-order valence-corrected chi connectivity index (χ0v) is 22.2. The summed E-state index contributed by atoms with van der Waals surface area (Å²) in [6.07, 6.45) is -1.20. The predicted molar refractivity (Wildman–Crippen MR) is 144 cm³/mol. The fraction of sp³-hybridized carbons (Fsp3) is 0.414. The van der Waals surface area contributed by atoms with E-state index in [1.807, 2.05) is 19.0 Å². The lowest BCUT2D eigenvalue weighted by Gasteiger charge is -2.48. The van der Waals surface area contributed by atoms with Gasteiger partial charge in [0.25, 0.3) is 0 Å². The van der Waals surface area contributed by atoms with Crippen LogP contribution in [-0.2, 0) is 29.1 Å². The van der Waals surface area contributed by atoms with Crippen LogP contribution >= 0.6 is 0 Å². The number of nitrogens with two attached hydrogens (primary N) is 1. The Morgan fingerprint density at radius 3 is 2.40 bits per heavy atom. The van der Waals surface area contributed by atoms with Crippen molar-refractivity contribution < 1.29 is 39.9 Å². The Bertz CT molecular complexity index is 1430. The van der Waals surface area contributed by atoms with Crippen LogP contribution in [-0.4, -0.2) is 68.8 Å². The number of nitrogens with zero attached hydrogens (tertiary/aromatic N) is 1. The van der Waals surface area contributed by atoms with Crippen LogP contribution in [0.5, 0.6) is 11.5 Å². The summed E-state index contributed by atoms with van der Waals surface area (Å²) in [5.41, 5.74) is 5.21. The van der Waals surface area contributed by atoms with Crippen molar-refractivity contribution >= 4 is 23.2 Å². The van der Waals surface area contributed by atoms with Crippen molar-refractivity contribution in [2.75, 3.05) is 19.0 Å². The number of phenolic OH excluding ortho intramolecular Hbond substituents is 2. The maximum absolute atomic E-state index is 13.9. The van der Waals surface area contributed by atoms with E-state index in [0.717, 1.165) is 5.56 Å². The van der Waals surface area contributed by atoms with Gasteiger partial charge in [-0.1, -0.05) is 12.1 Å². The number of hydrogen-bond acceptors (Lipinski definition) is 10. The number of aliphatic hydroxyl groups is 3. The number of amides is 1. The number of aromatic hydroxyl groups is 2. The van der Waals surface area contributed by atoms with Crippen LogP contribution in [0, 0.1) is 17.8 Å². The molecule has 2 aromatic rings. The maximum atomic E-state index is 13.9. The highest BCUT2D eigenvalue weighted by molar-refractivity contribution is 6.16. The SMILES string of the molecule is CN(C)c1cc(CNCc2ccc(O)cc2)c(O)c2c1C[C@H]1C[C@H]3CC(O)C(C(N)=O)C(=O)[C@@]3(O)C(O)=C1C2=O. The molecule has 3 aliphatic carbocycles. The Labute approximate surface area is 230 Å². The van der Waals surface area contributed by atoms with Gasteiger partial charge in [0.05, 0.1) is 11.7 Å². The van der Waals surface area contributed by atoms with Gasteiger partial charge >= 0.3 is 0 Å². The van der Waals surface area contributed by atoms with Gasteiger partial charge in [-0.25, -0.2) is 0 Å². The number of nitrogens with one attached hydrogen (secondary N) is 1. The van der Waals surface area contributed by atoms with Gasteiger partial charge in [0, 0.05) is 49.9 Å². The molecule has 1 fully saturated rings. The third-order valence-corrected chi connectivity index (χ3v) is 8.51. The molecule has 8 N–H and O–H groups in total. The number of rotatable bonds is 6. The van der Waals surface area contributed by atoms with Crippen molar-refractivity contribution in [2.45, 2.75) is 44.1 Å². The molecule has 40 heavy (non-hydrogen) atoms. The van der Waals surface area contributed by atoms with Crippen molar-refractivity contribution in [3.8, 4) is 11.5 Å². The molecule has 0 spiro atoms. The van der Waals surface area contributed by atoms with E-state index in [4.69, 9.17) is 5.73 Å². The Hall–Kier alpha value is -3.93. The van der Waals surface area contributed by atoms with E-state index >= 15 is 0 Å². The van der Waals surface area contributed by atoms with E-state index in [9.17, 15) is 39.9 Å². The summed E-state index contributed by atoms with van der Waals surface area (Å²) < 4.78 is 0. The molecule has 5 atom stereocenters. The number of carbonyl (C=O) groups is 3. The second kappa shape index (κ2) is 9.92. The smallest absolute Gasteiger partial charge is 0.230 e. The number of ketones is 2. The quantitative estimate of drug-likeness (QED) is 0.253. The van der Waals surface area contributed by atoms with Gasteiger partial charge < -0.3 is 41.5 Å². The van der Waals surface area contributed by atoms with Gasteiger partial charge in [-0.2, -0.15) is 0 Å². The van der Waals surface area contributed by atoms with E-state index in [2.05, 4.69) is 5.32 Å². The fourth-order valence-corrected chi connectivity index (χ4v) is 6.52. The number of anilines is 1. The van der Waals surface area contributed by atoms with Crippen molar-refractivity contribution in [2.24, 2.45) is 23.5 Å². The number of hydrogen-bond donors (Lipinski definition) is 7. The number of fused-ring (bicyclic) bond motifs is 3. The average molecular weight is 552 g/mol. The summed E-state index contributed by atoms with van der Waals surface area (Å²) in [6, 6.07) is 8.45. The lowest BCUT2D eigenvalue weighted by molar-refractivity contribution is -0.167. The van der Waals surface area contributed by atoms with Crippen LogP contribution in [0.1, 0.15) is 39.9 Å². The first-order chi connectivity index (χ1) is 18.9. The molecule has 11 heteroatoms. The summed E-state index contributed by atoms with van der Waals surface area (Å²) in [6.45, 7) is 0.630. The standard InChI is InChI=1S/C29H33N3O8/c1-32(2)19-9-15(12-31-11-13-3-5-17(33)6-4-13)24(35)22-18(19)8-14-7-16-10-20(34)23(28(30)39)27(38)29(16,40)26(37)21(14)25(22)36/h3-6,9,14,16,20,23,31,33-35,37,40H,7-8,10-12H2,1-2H3,(H2,30,39)/t14-,16+,20?,23?,29+/m1/s1. The highest BCUT2D eigenvalue weighted by atomic mass is 16.3. The molecule has 1 amide bonds. The highest BCUT2D eigenvalue weighted by Gasteiger charge is 2.62. The lowest BCUT2D eigenvalue weighted by Crippen LogP contribution is -2.63. The van der Waals surface area contributed by atoms with Crippen molar-refractivity contribution in [3.05, 3.63) is 63.9 Å². The second-order valence-corrected chi connectivity index (χ2v) is 11.2. The number of primary amides is 1. The first-order valence-corrected chi connectivity index (χ1v) is 13.1. The van der Waals surface area contributed by atoms with Crippen LogP contribution < -0.4 is 16.0 Å². The Morgan fingerprint density at radius 1 is 1.10 bits per heavy atom. The molecule has 0 aliphatic heterocycles. The number of benzene rings is 2. The topological polar surface area (TPSA) is 194 Å². The van der Waals surface area contributed by atoms with Crippen molar-refractivity contribution in [3.63, 3.8) is 0 Å². The summed E-state index contributed by atoms with van der Waals surface area (Å²) in [4.78, 5) is 40.9. The molecule has 1 saturated carbocycles. The minimum atomic E-state index is -2.54. The number of allylic oxidation sites excluding steroid dienone is 1. The van der Waals surface area contributed by atoms with Crippen LogP contribution in [0.15, 0.2) is 41.7 Å². The molecule has 0 heterocycles. The summed E-state index contributed by atoms with van der Waals surface area (Å²) in [5, 5.41) is 57.1. The minimum Gasteiger partial charge on any atom is -0.508 e. The first-order valence-electron chi connectivity index (χ1n) is 13.1. The van der Waals surface area contributed by atoms with Gasteiger partial charge in [0.15, 0.2) is 17.2 Å². The van der Waals surface area contributed by atoms with Gasteiger partial charge in [-0.3, -0.25) is 14.4 Å². The van der Waals surface area contributed by atoms with Crippen LogP contribution in [0.2, 0.25) is 0 Å². The zero-order valence-electron chi connectivity index (χ0n) is 22.2. The number of aliphatic hydroxyl groups excluding tert-OH is 2. The second-order valence-electron chi connectivity index (χ2n) is 11.2. The van der Waals surface area contributed by atoms with E-state index in [0.29, 0.717) is 23.4 Å². The average Bonchev–Trinajstić information content (AvgIpc) is 2.88. The van der Waals surface area contributed by atoms with Gasteiger partial charge in [-0.15, -0.1) is 0 Å². The summed E-state index contributed by atoms with van der Waals surface area (Å²) in [5.74, 6) is -7.13. The molecular weight excluding hydrogens is 518 g/mol. The molecule has 11 nitrogen and oxygen atoms in total. The van der Waals surface area contributed by atoms with E-state index in [1.165, 1.54) is 0 Å². The van der Waals surface area contributed by atoms with Crippen LogP contribution in [0.4, 0.5) is 5.69 Å². The molecule has 2 aromatic carbocycles. The van der Waals surface area contributed by atoms with Gasteiger partial charge in [0.1, 0.15) is 23.2 Å². The molecule has 5 rings (SSSR count). The molecular formula is C29H33N3O8. The molecule has 0 bridgehead atoms. The minimum absolute atomic E-state index is 0.0118. The van der Waals surface area contributed by atoms with E-state index in [1.54, 1.807) is 30.3 Å². The van der Waals surface area contributed by atoms with Gasteiger partial charge in [-0.05, 0) is 54.5 Å². The largest absolute Gasteiger partial charge is 0.508 e. The first kappa shape index (κ1) is 27.6. The Balaban J connectivity index is 1.54. The van der Waals surface area contributed by atoms with Crippen LogP contribution in [0.3, 0.4) is 0 Å². The number of phenols is 2. The van der Waals surface area contributed by atoms with E-state index in [-0.39, 0.29) is 48.4 Å². The lowest BCUT2D eigenvalue weighted by atomic mass is 9.57. The maximum Gasteiger partial charge on any atom is 0.230 e. The van der Waals surface area contributed by atoms with Crippen LogP contribution in [0.25, 0.3) is 0 Å². The molecule has 2 unspecified atom stereocenters. The molecule has 0 radical (unpaired) electrons. The monoisotopic (exact) mass is 551 g/mol. The Kier molecular flexibility index (Phi) is 6.85. The van der Waals surface area contributed by atoms with E-state index < -0.39 is 52.7 Å². The molecule has 3 aliphatic rings. The number of Topliss-reactive ketones (excluding diaryl/α,β-unsaturated/α-hetero) is 2. The fourth-order valence-electron chi connectivity index (χ4n) is 6.52. The molecule has 0 aromatic heterocycles. The van der Waals surface area contributed by atoms with Crippen molar-refractivity contribution in [1.82, 2.24) is 5.32 Å². The zero-order chi connectivity index (χ0) is 29.1. The molecule has 0 saturated heterocycles. The highest BCUT2D eigenvalue weighted by Crippen LogP contribution is 2.52. The summed E-state index contributed by atoms with van der Waals surface area (Å²) in [7, 11) is 3.63. The number of carbonyl (C=O) groups excluding carboxylic acids is 3. The summed E-state index contributed by atoms with van der Waals surface area (Å²) >= 11 is 0.